The number of amides is 1. The van der Waals surface area contributed by atoms with Crippen LogP contribution in [-0.2, 0) is 16.1 Å². The van der Waals surface area contributed by atoms with Gasteiger partial charge in [0.15, 0.2) is 0 Å². The predicted molar refractivity (Wildman–Crippen MR) is 77.5 cm³/mol. The first-order valence-corrected chi connectivity index (χ1v) is 6.37. The van der Waals surface area contributed by atoms with E-state index in [1.807, 2.05) is 12.1 Å². The Bertz CT molecular complexity index is 406. The molecular formula is C14H21ClN2O2. The number of aryl methyl sites for hydroxylation is 1. The van der Waals surface area contributed by atoms with E-state index < -0.39 is 0 Å². The van der Waals surface area contributed by atoms with Gasteiger partial charge in [-0.15, -0.1) is 12.4 Å². The van der Waals surface area contributed by atoms with Crippen molar-refractivity contribution in [2.24, 2.45) is 0 Å². The number of ether oxygens (including phenoxy) is 1. The Morgan fingerprint density at radius 3 is 3.05 bits per heavy atom. The van der Waals surface area contributed by atoms with Gasteiger partial charge in [0, 0.05) is 25.6 Å². The van der Waals surface area contributed by atoms with E-state index in [2.05, 4.69) is 29.7 Å². The van der Waals surface area contributed by atoms with Crippen molar-refractivity contribution in [3.05, 3.63) is 35.4 Å². The summed E-state index contributed by atoms with van der Waals surface area (Å²) in [4.78, 5) is 11.8. The molecule has 1 aliphatic rings. The standard InChI is InChI=1S/C14H20N2O2.ClH/c1-11-3-2-4-12(7-11)9-16-14(17)8-13-10-18-6-5-15-13;/h2-4,7,13,15H,5-6,8-10H2,1H3,(H,16,17);1H. The van der Waals surface area contributed by atoms with Crippen LogP contribution in [0.25, 0.3) is 0 Å². The highest BCUT2D eigenvalue weighted by Crippen LogP contribution is 2.04. The predicted octanol–water partition coefficient (Wildman–Crippen LogP) is 1.41. The van der Waals surface area contributed by atoms with E-state index in [1.54, 1.807) is 0 Å². The van der Waals surface area contributed by atoms with Crippen molar-refractivity contribution in [1.29, 1.82) is 0 Å². The highest BCUT2D eigenvalue weighted by atomic mass is 35.5. The van der Waals surface area contributed by atoms with Crippen molar-refractivity contribution in [1.82, 2.24) is 10.6 Å². The summed E-state index contributed by atoms with van der Waals surface area (Å²) in [7, 11) is 0. The summed E-state index contributed by atoms with van der Waals surface area (Å²) in [5, 5.41) is 6.21. The van der Waals surface area contributed by atoms with Crippen molar-refractivity contribution in [3.8, 4) is 0 Å². The number of carbonyl (C=O) groups excluding carboxylic acids is 1. The molecule has 106 valence electrons. The topological polar surface area (TPSA) is 50.4 Å². The Balaban J connectivity index is 0.00000180. The minimum atomic E-state index is 0. The molecule has 2 rings (SSSR count). The molecule has 0 spiro atoms. The van der Waals surface area contributed by atoms with Crippen LogP contribution in [0.2, 0.25) is 0 Å². The van der Waals surface area contributed by atoms with Crippen LogP contribution in [0.1, 0.15) is 17.5 Å². The Morgan fingerprint density at radius 2 is 2.37 bits per heavy atom. The van der Waals surface area contributed by atoms with E-state index in [4.69, 9.17) is 4.74 Å². The lowest BCUT2D eigenvalue weighted by Gasteiger charge is -2.23. The van der Waals surface area contributed by atoms with Crippen LogP contribution in [0.3, 0.4) is 0 Å². The highest BCUT2D eigenvalue weighted by molar-refractivity contribution is 5.85. The maximum Gasteiger partial charge on any atom is 0.221 e. The fourth-order valence-electron chi connectivity index (χ4n) is 2.07. The second-order valence-corrected chi connectivity index (χ2v) is 4.70. The highest BCUT2D eigenvalue weighted by Gasteiger charge is 2.16. The maximum atomic E-state index is 11.8. The number of benzene rings is 1. The lowest BCUT2D eigenvalue weighted by molar-refractivity contribution is -0.122. The zero-order chi connectivity index (χ0) is 12.8. The third kappa shape index (κ3) is 5.59. The molecule has 0 bridgehead atoms. The minimum Gasteiger partial charge on any atom is -0.378 e. The van der Waals surface area contributed by atoms with Crippen LogP contribution in [0.15, 0.2) is 24.3 Å². The van der Waals surface area contributed by atoms with Gasteiger partial charge in [0.2, 0.25) is 5.91 Å². The monoisotopic (exact) mass is 284 g/mol. The normalized spacial score (nSPS) is 18.5. The van der Waals surface area contributed by atoms with Gasteiger partial charge in [0.05, 0.1) is 13.2 Å². The van der Waals surface area contributed by atoms with E-state index in [-0.39, 0.29) is 24.4 Å². The fourth-order valence-corrected chi connectivity index (χ4v) is 2.07. The number of hydrogen-bond acceptors (Lipinski definition) is 3. The van der Waals surface area contributed by atoms with Crippen molar-refractivity contribution in [2.75, 3.05) is 19.8 Å². The van der Waals surface area contributed by atoms with E-state index in [9.17, 15) is 4.79 Å². The molecule has 0 aliphatic carbocycles. The summed E-state index contributed by atoms with van der Waals surface area (Å²) < 4.78 is 5.32. The Morgan fingerprint density at radius 1 is 1.53 bits per heavy atom. The molecule has 2 N–H and O–H groups in total. The molecule has 1 heterocycles. The van der Waals surface area contributed by atoms with Crippen molar-refractivity contribution in [3.63, 3.8) is 0 Å². The van der Waals surface area contributed by atoms with E-state index in [1.165, 1.54) is 5.56 Å². The molecular weight excluding hydrogens is 264 g/mol. The molecule has 4 nitrogen and oxygen atoms in total. The van der Waals surface area contributed by atoms with Crippen LogP contribution >= 0.6 is 12.4 Å². The number of hydrogen-bond donors (Lipinski definition) is 2. The molecule has 0 saturated carbocycles. The summed E-state index contributed by atoms with van der Waals surface area (Å²) in [5.41, 5.74) is 2.35. The van der Waals surface area contributed by atoms with Gasteiger partial charge in [-0.2, -0.15) is 0 Å². The lowest BCUT2D eigenvalue weighted by Crippen LogP contribution is -2.44. The van der Waals surface area contributed by atoms with E-state index in [0.29, 0.717) is 19.6 Å². The Hall–Kier alpha value is -1.10. The summed E-state index contributed by atoms with van der Waals surface area (Å²) in [5.74, 6) is 0.0690. The number of nitrogens with one attached hydrogen (secondary N) is 2. The molecule has 1 aromatic rings. The number of morpholine rings is 1. The van der Waals surface area contributed by atoms with E-state index >= 15 is 0 Å². The second kappa shape index (κ2) is 8.15. The number of rotatable bonds is 4. The van der Waals surface area contributed by atoms with Crippen LogP contribution < -0.4 is 10.6 Å². The first-order chi connectivity index (χ1) is 8.74. The maximum absolute atomic E-state index is 11.8. The van der Waals surface area contributed by atoms with Crippen LogP contribution in [0, 0.1) is 6.92 Å². The van der Waals surface area contributed by atoms with Gasteiger partial charge in [0.25, 0.3) is 0 Å². The fraction of sp³-hybridized carbons (Fsp3) is 0.500. The molecule has 0 aromatic heterocycles. The van der Waals surface area contributed by atoms with Gasteiger partial charge >= 0.3 is 0 Å². The van der Waals surface area contributed by atoms with Crippen molar-refractivity contribution >= 4 is 18.3 Å². The summed E-state index contributed by atoms with van der Waals surface area (Å²) in [6, 6.07) is 8.32. The average molecular weight is 285 g/mol. The third-order valence-electron chi connectivity index (χ3n) is 3.00. The number of carbonyl (C=O) groups is 1. The quantitative estimate of drug-likeness (QED) is 0.879. The van der Waals surface area contributed by atoms with Crippen LogP contribution in [-0.4, -0.2) is 31.7 Å². The molecule has 5 heteroatoms. The van der Waals surface area contributed by atoms with Gasteiger partial charge in [-0.3, -0.25) is 4.79 Å². The van der Waals surface area contributed by atoms with Gasteiger partial charge < -0.3 is 15.4 Å². The SMILES string of the molecule is Cc1cccc(CNC(=O)CC2COCCN2)c1.Cl. The zero-order valence-electron chi connectivity index (χ0n) is 11.1. The van der Waals surface area contributed by atoms with Crippen molar-refractivity contribution < 1.29 is 9.53 Å². The van der Waals surface area contributed by atoms with Crippen LogP contribution in [0.4, 0.5) is 0 Å². The van der Waals surface area contributed by atoms with Crippen LogP contribution in [0.5, 0.6) is 0 Å². The second-order valence-electron chi connectivity index (χ2n) is 4.70. The third-order valence-corrected chi connectivity index (χ3v) is 3.00. The van der Waals surface area contributed by atoms with Gasteiger partial charge in [-0.05, 0) is 12.5 Å². The molecule has 0 radical (unpaired) electrons. The Labute approximate surface area is 120 Å². The summed E-state index contributed by atoms with van der Waals surface area (Å²) >= 11 is 0. The largest absolute Gasteiger partial charge is 0.378 e. The molecule has 1 atom stereocenters. The molecule has 19 heavy (non-hydrogen) atoms. The summed E-state index contributed by atoms with van der Waals surface area (Å²) in [6.07, 6.45) is 0.478. The molecule has 1 fully saturated rings. The molecule has 1 amide bonds. The first-order valence-electron chi connectivity index (χ1n) is 6.37. The van der Waals surface area contributed by atoms with Gasteiger partial charge in [-0.1, -0.05) is 29.8 Å². The average Bonchev–Trinajstić information content (AvgIpc) is 2.38. The zero-order valence-corrected chi connectivity index (χ0v) is 12.0. The lowest BCUT2D eigenvalue weighted by atomic mass is 10.1. The smallest absolute Gasteiger partial charge is 0.221 e. The Kier molecular flexibility index (Phi) is 6.84. The van der Waals surface area contributed by atoms with Gasteiger partial charge in [0.1, 0.15) is 0 Å². The molecule has 1 aromatic carbocycles. The van der Waals surface area contributed by atoms with Crippen molar-refractivity contribution in [2.45, 2.75) is 25.9 Å². The van der Waals surface area contributed by atoms with Gasteiger partial charge in [-0.25, -0.2) is 0 Å². The summed E-state index contributed by atoms with van der Waals surface area (Å²) in [6.45, 7) is 4.83. The molecule has 1 saturated heterocycles. The van der Waals surface area contributed by atoms with E-state index in [0.717, 1.165) is 18.7 Å². The first kappa shape index (κ1) is 16.0. The minimum absolute atomic E-state index is 0. The molecule has 1 aliphatic heterocycles. The number of halogens is 1. The molecule has 1 unspecified atom stereocenters.